The molecule has 6 heteroatoms. The highest BCUT2D eigenvalue weighted by molar-refractivity contribution is 5.79. The third kappa shape index (κ3) is 7.11. The Morgan fingerprint density at radius 1 is 1.43 bits per heavy atom. The zero-order valence-corrected chi connectivity index (χ0v) is 13.7. The lowest BCUT2D eigenvalue weighted by Crippen LogP contribution is -2.45. The van der Waals surface area contributed by atoms with Gasteiger partial charge < -0.3 is 25.2 Å². The molecule has 0 radical (unpaired) electrons. The molecule has 1 atom stereocenters. The highest BCUT2D eigenvalue weighted by Gasteiger charge is 2.34. The fourth-order valence-electron chi connectivity index (χ4n) is 2.36. The van der Waals surface area contributed by atoms with Crippen LogP contribution < -0.4 is 10.6 Å². The number of nitrogens with zero attached hydrogens (tertiary/aromatic N) is 1. The van der Waals surface area contributed by atoms with Crippen LogP contribution in [-0.2, 0) is 9.47 Å². The van der Waals surface area contributed by atoms with Crippen LogP contribution >= 0.6 is 0 Å². The number of ether oxygens (including phenoxy) is 2. The van der Waals surface area contributed by atoms with Gasteiger partial charge in [-0.3, -0.25) is 4.99 Å². The summed E-state index contributed by atoms with van der Waals surface area (Å²) in [6.45, 7) is 8.90. The third-order valence-electron chi connectivity index (χ3n) is 3.67. The van der Waals surface area contributed by atoms with Crippen LogP contribution in [0.1, 0.15) is 26.7 Å². The molecule has 0 amide bonds. The zero-order valence-electron chi connectivity index (χ0n) is 13.7. The van der Waals surface area contributed by atoms with Crippen LogP contribution in [0.2, 0.25) is 0 Å². The van der Waals surface area contributed by atoms with E-state index in [0.717, 1.165) is 45.1 Å². The Hall–Kier alpha value is -0.850. The molecule has 0 aromatic heterocycles. The fraction of sp³-hybridized carbons (Fsp3) is 0.933. The van der Waals surface area contributed by atoms with Gasteiger partial charge >= 0.3 is 0 Å². The van der Waals surface area contributed by atoms with Gasteiger partial charge in [0.2, 0.25) is 0 Å². The second-order valence-electron chi connectivity index (χ2n) is 6.10. The molecule has 0 saturated carbocycles. The summed E-state index contributed by atoms with van der Waals surface area (Å²) in [4.78, 5) is 4.21. The molecule has 6 nitrogen and oxygen atoms in total. The van der Waals surface area contributed by atoms with E-state index in [9.17, 15) is 5.11 Å². The van der Waals surface area contributed by atoms with Crippen LogP contribution in [-0.4, -0.2) is 64.2 Å². The van der Waals surface area contributed by atoms with Gasteiger partial charge in [-0.25, -0.2) is 0 Å². The molecular weight excluding hydrogens is 270 g/mol. The molecule has 3 N–H and O–H groups in total. The first kappa shape index (κ1) is 18.2. The predicted octanol–water partition coefficient (Wildman–Crippen LogP) is 0.613. The van der Waals surface area contributed by atoms with Gasteiger partial charge in [-0.2, -0.15) is 0 Å². The van der Waals surface area contributed by atoms with Crippen molar-refractivity contribution in [3.8, 4) is 0 Å². The van der Waals surface area contributed by atoms with Crippen molar-refractivity contribution in [2.75, 3.05) is 53.2 Å². The molecule has 0 bridgehead atoms. The first-order chi connectivity index (χ1) is 10.1. The van der Waals surface area contributed by atoms with E-state index in [1.807, 2.05) is 0 Å². The van der Waals surface area contributed by atoms with Crippen molar-refractivity contribution in [1.29, 1.82) is 0 Å². The zero-order chi connectivity index (χ0) is 15.6. The van der Waals surface area contributed by atoms with Crippen molar-refractivity contribution >= 4 is 5.96 Å². The van der Waals surface area contributed by atoms with Gasteiger partial charge in [0.1, 0.15) is 0 Å². The second kappa shape index (κ2) is 9.97. The van der Waals surface area contributed by atoms with Crippen molar-refractivity contribution in [3.05, 3.63) is 0 Å². The van der Waals surface area contributed by atoms with E-state index in [4.69, 9.17) is 9.47 Å². The van der Waals surface area contributed by atoms with Crippen molar-refractivity contribution < 1.29 is 14.6 Å². The first-order valence-electron chi connectivity index (χ1n) is 7.83. The molecule has 1 heterocycles. The minimum atomic E-state index is 0.0283. The Bertz CT molecular complexity index is 303. The molecule has 1 rings (SSSR count). The van der Waals surface area contributed by atoms with Gasteiger partial charge in [-0.05, 0) is 18.8 Å². The summed E-state index contributed by atoms with van der Waals surface area (Å²) in [5.41, 5.74) is 0.0283. The van der Waals surface area contributed by atoms with Gasteiger partial charge in [0.05, 0.1) is 13.2 Å². The van der Waals surface area contributed by atoms with Crippen molar-refractivity contribution in [2.45, 2.75) is 26.7 Å². The van der Waals surface area contributed by atoms with E-state index in [-0.39, 0.29) is 12.0 Å². The van der Waals surface area contributed by atoms with E-state index >= 15 is 0 Å². The largest absolute Gasteiger partial charge is 0.396 e. The lowest BCUT2D eigenvalue weighted by atomic mass is 9.84. The van der Waals surface area contributed by atoms with Gasteiger partial charge in [-0.15, -0.1) is 0 Å². The standard InChI is InChI=1S/C15H31N3O3/c1-13(2)10-20-9-6-17-14(16-3)18-11-15(4-7-19)5-8-21-12-15/h13,19H,4-12H2,1-3H3,(H2,16,17,18). The summed E-state index contributed by atoms with van der Waals surface area (Å²) < 4.78 is 11.0. The minimum absolute atomic E-state index is 0.0283. The summed E-state index contributed by atoms with van der Waals surface area (Å²) in [5, 5.41) is 15.8. The average Bonchev–Trinajstić information content (AvgIpc) is 2.91. The Labute approximate surface area is 128 Å². The molecule has 1 saturated heterocycles. The summed E-state index contributed by atoms with van der Waals surface area (Å²) >= 11 is 0. The summed E-state index contributed by atoms with van der Waals surface area (Å²) in [6, 6.07) is 0. The van der Waals surface area contributed by atoms with E-state index in [1.165, 1.54) is 0 Å². The molecule has 1 aliphatic rings. The molecule has 124 valence electrons. The van der Waals surface area contributed by atoms with E-state index in [2.05, 4.69) is 29.5 Å². The average molecular weight is 301 g/mol. The highest BCUT2D eigenvalue weighted by Crippen LogP contribution is 2.31. The predicted molar refractivity (Wildman–Crippen MR) is 84.6 cm³/mol. The molecule has 21 heavy (non-hydrogen) atoms. The van der Waals surface area contributed by atoms with E-state index in [1.54, 1.807) is 7.05 Å². The van der Waals surface area contributed by atoms with Crippen molar-refractivity contribution in [1.82, 2.24) is 10.6 Å². The lowest BCUT2D eigenvalue weighted by Gasteiger charge is -2.27. The molecule has 0 aliphatic carbocycles. The number of aliphatic hydroxyl groups is 1. The Kier molecular flexibility index (Phi) is 8.64. The Morgan fingerprint density at radius 3 is 2.81 bits per heavy atom. The Balaban J connectivity index is 2.24. The van der Waals surface area contributed by atoms with Crippen LogP contribution in [0.3, 0.4) is 0 Å². The van der Waals surface area contributed by atoms with Crippen molar-refractivity contribution in [2.24, 2.45) is 16.3 Å². The number of guanidine groups is 1. The quantitative estimate of drug-likeness (QED) is 0.331. The first-order valence-corrected chi connectivity index (χ1v) is 7.83. The lowest BCUT2D eigenvalue weighted by molar-refractivity contribution is 0.114. The van der Waals surface area contributed by atoms with Gasteiger partial charge in [0.15, 0.2) is 5.96 Å². The van der Waals surface area contributed by atoms with E-state index < -0.39 is 0 Å². The maximum Gasteiger partial charge on any atom is 0.191 e. The maximum atomic E-state index is 9.21. The SMILES string of the molecule is CN=C(NCCOCC(C)C)NCC1(CCO)CCOC1. The summed E-state index contributed by atoms with van der Waals surface area (Å²) in [6.07, 6.45) is 1.74. The van der Waals surface area contributed by atoms with Gasteiger partial charge in [-0.1, -0.05) is 13.8 Å². The molecule has 0 aromatic rings. The van der Waals surface area contributed by atoms with Crippen molar-refractivity contribution in [3.63, 3.8) is 0 Å². The number of aliphatic imine (C=N–C) groups is 1. The van der Waals surface area contributed by atoms with Crippen LogP contribution in [0.25, 0.3) is 0 Å². The van der Waals surface area contributed by atoms with Crippen LogP contribution in [0, 0.1) is 11.3 Å². The summed E-state index contributed by atoms with van der Waals surface area (Å²) in [5.74, 6) is 1.33. The number of rotatable bonds is 9. The second-order valence-corrected chi connectivity index (χ2v) is 6.10. The number of hydrogen-bond donors (Lipinski definition) is 3. The number of hydrogen-bond acceptors (Lipinski definition) is 4. The van der Waals surface area contributed by atoms with Crippen LogP contribution in [0.5, 0.6) is 0 Å². The normalized spacial score (nSPS) is 22.8. The van der Waals surface area contributed by atoms with E-state index in [0.29, 0.717) is 19.1 Å². The van der Waals surface area contributed by atoms with Crippen LogP contribution in [0.15, 0.2) is 4.99 Å². The number of aliphatic hydroxyl groups excluding tert-OH is 1. The number of nitrogens with one attached hydrogen (secondary N) is 2. The fourth-order valence-corrected chi connectivity index (χ4v) is 2.36. The summed E-state index contributed by atoms with van der Waals surface area (Å²) in [7, 11) is 1.76. The highest BCUT2D eigenvalue weighted by atomic mass is 16.5. The molecule has 1 fully saturated rings. The molecular formula is C15H31N3O3. The molecule has 0 aromatic carbocycles. The molecule has 0 spiro atoms. The monoisotopic (exact) mass is 301 g/mol. The minimum Gasteiger partial charge on any atom is -0.396 e. The third-order valence-corrected chi connectivity index (χ3v) is 3.67. The maximum absolute atomic E-state index is 9.21. The smallest absolute Gasteiger partial charge is 0.191 e. The molecule has 1 aliphatic heterocycles. The molecule has 1 unspecified atom stereocenters. The topological polar surface area (TPSA) is 75.1 Å². The van der Waals surface area contributed by atoms with Crippen LogP contribution in [0.4, 0.5) is 0 Å². The van der Waals surface area contributed by atoms with Gasteiger partial charge in [0, 0.05) is 45.4 Å². The Morgan fingerprint density at radius 2 is 2.24 bits per heavy atom. The van der Waals surface area contributed by atoms with Gasteiger partial charge in [0.25, 0.3) is 0 Å².